The van der Waals surface area contributed by atoms with E-state index in [1.54, 1.807) is 52.0 Å². The highest BCUT2D eigenvalue weighted by Crippen LogP contribution is 2.16. The van der Waals surface area contributed by atoms with Crippen molar-refractivity contribution in [1.29, 1.82) is 0 Å². The van der Waals surface area contributed by atoms with Crippen LogP contribution in [0.15, 0.2) is 24.3 Å². The molecule has 19 heavy (non-hydrogen) atoms. The molecule has 1 atom stereocenters. The number of hydrogen-bond donors (Lipinski definition) is 0. The van der Waals surface area contributed by atoms with E-state index in [0.717, 1.165) is 0 Å². The molecular formula is C15H20O4. The average Bonchev–Trinajstić information content (AvgIpc) is 2.27. The van der Waals surface area contributed by atoms with E-state index in [4.69, 9.17) is 9.47 Å². The van der Waals surface area contributed by atoms with Crippen molar-refractivity contribution >= 4 is 11.8 Å². The Morgan fingerprint density at radius 3 is 2.05 bits per heavy atom. The molecule has 0 N–H and O–H groups in total. The van der Waals surface area contributed by atoms with E-state index in [9.17, 15) is 9.59 Å². The van der Waals surface area contributed by atoms with Crippen LogP contribution in [0.2, 0.25) is 0 Å². The Balaban J connectivity index is 2.64. The van der Waals surface area contributed by atoms with Crippen molar-refractivity contribution in [3.63, 3.8) is 0 Å². The van der Waals surface area contributed by atoms with Gasteiger partial charge in [0.1, 0.15) is 11.4 Å². The maximum Gasteiger partial charge on any atom is 0.347 e. The quantitative estimate of drug-likeness (QED) is 0.619. The number of Topliss-reactive ketones (excluding diaryl/α,β-unsaturated/α-hetero) is 1. The lowest BCUT2D eigenvalue weighted by molar-refractivity contribution is -0.162. The fourth-order valence-corrected chi connectivity index (χ4v) is 1.41. The van der Waals surface area contributed by atoms with Gasteiger partial charge >= 0.3 is 5.97 Å². The van der Waals surface area contributed by atoms with Gasteiger partial charge in [-0.2, -0.15) is 0 Å². The van der Waals surface area contributed by atoms with E-state index < -0.39 is 17.7 Å². The summed E-state index contributed by atoms with van der Waals surface area (Å²) in [4.78, 5) is 22.9. The van der Waals surface area contributed by atoms with Crippen molar-refractivity contribution in [2.75, 3.05) is 0 Å². The molecule has 4 heteroatoms. The second-order valence-corrected chi connectivity index (χ2v) is 5.37. The van der Waals surface area contributed by atoms with Crippen LogP contribution in [0.3, 0.4) is 0 Å². The zero-order valence-corrected chi connectivity index (χ0v) is 12.0. The molecule has 0 saturated heterocycles. The average molecular weight is 264 g/mol. The second kappa shape index (κ2) is 5.87. The van der Waals surface area contributed by atoms with Crippen LogP contribution < -0.4 is 4.74 Å². The Kier molecular flexibility index (Phi) is 4.70. The third-order valence-corrected chi connectivity index (χ3v) is 2.31. The summed E-state index contributed by atoms with van der Waals surface area (Å²) in [6.07, 6.45) is -0.692. The van der Waals surface area contributed by atoms with Gasteiger partial charge in [0, 0.05) is 5.56 Å². The molecule has 1 rings (SSSR count). The van der Waals surface area contributed by atoms with Crippen LogP contribution in [-0.2, 0) is 9.53 Å². The minimum absolute atomic E-state index is 0.00765. The molecule has 0 aromatic heterocycles. The monoisotopic (exact) mass is 264 g/mol. The molecule has 0 aliphatic carbocycles. The first-order valence-corrected chi connectivity index (χ1v) is 6.19. The lowest BCUT2D eigenvalue weighted by atomic mass is 10.1. The van der Waals surface area contributed by atoms with Crippen LogP contribution in [0.25, 0.3) is 0 Å². The lowest BCUT2D eigenvalue weighted by Gasteiger charge is -2.22. The van der Waals surface area contributed by atoms with Crippen molar-refractivity contribution in [3.05, 3.63) is 29.8 Å². The number of ether oxygens (including phenoxy) is 2. The van der Waals surface area contributed by atoms with E-state index in [2.05, 4.69) is 0 Å². The molecule has 104 valence electrons. The highest BCUT2D eigenvalue weighted by Gasteiger charge is 2.22. The summed E-state index contributed by atoms with van der Waals surface area (Å²) in [5.41, 5.74) is 0.0741. The van der Waals surface area contributed by atoms with Gasteiger partial charge in [-0.1, -0.05) is 0 Å². The van der Waals surface area contributed by atoms with Crippen molar-refractivity contribution in [3.8, 4) is 5.75 Å². The highest BCUT2D eigenvalue weighted by atomic mass is 16.6. The predicted octanol–water partition coefficient (Wildman–Crippen LogP) is 3.00. The Morgan fingerprint density at radius 1 is 1.11 bits per heavy atom. The summed E-state index contributed by atoms with van der Waals surface area (Å²) in [6, 6.07) is 6.66. The first-order chi connectivity index (χ1) is 8.69. The molecule has 0 aliphatic heterocycles. The van der Waals surface area contributed by atoms with E-state index in [-0.39, 0.29) is 5.78 Å². The van der Waals surface area contributed by atoms with Gasteiger partial charge in [0.05, 0.1) is 0 Å². The number of ketones is 1. The van der Waals surface area contributed by atoms with Crippen LogP contribution in [0, 0.1) is 0 Å². The van der Waals surface area contributed by atoms with Crippen LogP contribution in [0.1, 0.15) is 45.0 Å². The van der Waals surface area contributed by atoms with Gasteiger partial charge in [-0.25, -0.2) is 4.79 Å². The number of hydrogen-bond acceptors (Lipinski definition) is 4. The van der Waals surface area contributed by atoms with Gasteiger partial charge in [0.25, 0.3) is 0 Å². The van der Waals surface area contributed by atoms with Gasteiger partial charge < -0.3 is 9.47 Å². The molecule has 1 aromatic carbocycles. The minimum atomic E-state index is -0.692. The summed E-state index contributed by atoms with van der Waals surface area (Å²) < 4.78 is 10.7. The zero-order chi connectivity index (χ0) is 14.6. The summed E-state index contributed by atoms with van der Waals surface area (Å²) in [5.74, 6) is 0.109. The van der Waals surface area contributed by atoms with Crippen molar-refractivity contribution < 1.29 is 19.1 Å². The molecule has 0 bridgehead atoms. The van der Waals surface area contributed by atoms with E-state index in [1.807, 2.05) is 0 Å². The molecule has 0 spiro atoms. The second-order valence-electron chi connectivity index (χ2n) is 5.37. The maximum absolute atomic E-state index is 11.7. The number of esters is 1. The first kappa shape index (κ1) is 15.2. The van der Waals surface area contributed by atoms with Crippen molar-refractivity contribution in [1.82, 2.24) is 0 Å². The fourth-order valence-electron chi connectivity index (χ4n) is 1.41. The molecule has 0 saturated carbocycles. The molecule has 0 amide bonds. The van der Waals surface area contributed by atoms with Crippen molar-refractivity contribution in [2.24, 2.45) is 0 Å². The third kappa shape index (κ3) is 5.12. The first-order valence-electron chi connectivity index (χ1n) is 6.19. The summed E-state index contributed by atoms with van der Waals surface area (Å²) in [6.45, 7) is 8.55. The topological polar surface area (TPSA) is 52.6 Å². The Hall–Kier alpha value is -1.84. The van der Waals surface area contributed by atoms with E-state index in [0.29, 0.717) is 11.3 Å². The van der Waals surface area contributed by atoms with Crippen LogP contribution in [-0.4, -0.2) is 23.5 Å². The molecular weight excluding hydrogens is 244 g/mol. The van der Waals surface area contributed by atoms with Crippen LogP contribution >= 0.6 is 0 Å². The molecule has 0 fully saturated rings. The smallest absolute Gasteiger partial charge is 0.347 e. The van der Waals surface area contributed by atoms with Gasteiger partial charge in [0.2, 0.25) is 0 Å². The number of carbonyl (C=O) groups excluding carboxylic acids is 2. The van der Waals surface area contributed by atoms with Gasteiger partial charge in [-0.3, -0.25) is 4.79 Å². The predicted molar refractivity (Wildman–Crippen MR) is 72.4 cm³/mol. The largest absolute Gasteiger partial charge is 0.479 e. The van der Waals surface area contributed by atoms with E-state index in [1.165, 1.54) is 6.92 Å². The molecule has 0 aliphatic rings. The van der Waals surface area contributed by atoms with Crippen LogP contribution in [0.4, 0.5) is 0 Å². The summed E-state index contributed by atoms with van der Waals surface area (Å²) in [7, 11) is 0. The zero-order valence-electron chi connectivity index (χ0n) is 12.0. The normalized spacial score (nSPS) is 12.7. The fraction of sp³-hybridized carbons (Fsp3) is 0.467. The molecule has 0 heterocycles. The third-order valence-electron chi connectivity index (χ3n) is 2.31. The Bertz CT molecular complexity index is 454. The van der Waals surface area contributed by atoms with Gasteiger partial charge in [-0.05, 0) is 58.9 Å². The number of benzene rings is 1. The standard InChI is InChI=1S/C15H20O4/c1-10(16)12-6-8-13(9-7-12)18-11(2)14(17)19-15(3,4)5/h6-9,11H,1-5H3. The highest BCUT2D eigenvalue weighted by molar-refractivity contribution is 5.94. The Labute approximate surface area is 113 Å². The molecule has 1 aromatic rings. The molecule has 4 nitrogen and oxygen atoms in total. The Morgan fingerprint density at radius 2 is 1.63 bits per heavy atom. The molecule has 1 unspecified atom stereocenters. The van der Waals surface area contributed by atoms with E-state index >= 15 is 0 Å². The summed E-state index contributed by atoms with van der Waals surface area (Å²) >= 11 is 0. The SMILES string of the molecule is CC(=O)c1ccc(OC(C)C(=O)OC(C)(C)C)cc1. The number of rotatable bonds is 4. The van der Waals surface area contributed by atoms with Crippen LogP contribution in [0.5, 0.6) is 5.75 Å². The van der Waals surface area contributed by atoms with Gasteiger partial charge in [0.15, 0.2) is 11.9 Å². The van der Waals surface area contributed by atoms with Crippen molar-refractivity contribution in [2.45, 2.75) is 46.3 Å². The molecule has 0 radical (unpaired) electrons. The summed E-state index contributed by atoms with van der Waals surface area (Å²) in [5, 5.41) is 0. The number of carbonyl (C=O) groups is 2. The van der Waals surface area contributed by atoms with Gasteiger partial charge in [-0.15, -0.1) is 0 Å². The lowest BCUT2D eigenvalue weighted by Crippen LogP contribution is -2.33. The minimum Gasteiger partial charge on any atom is -0.479 e. The maximum atomic E-state index is 11.7.